The van der Waals surface area contributed by atoms with Gasteiger partial charge in [0.25, 0.3) is 17.1 Å². The van der Waals surface area contributed by atoms with Crippen LogP contribution in [0.25, 0.3) is 33.5 Å². The number of phosphoric ester groups is 3. The lowest BCUT2D eigenvalue weighted by molar-refractivity contribution is -0.746. The molecule has 6 aromatic heterocycles. The van der Waals surface area contributed by atoms with Gasteiger partial charge in [-0.3, -0.25) is 51.4 Å². The molecule has 9 heterocycles. The summed E-state index contributed by atoms with van der Waals surface area (Å²) in [6, 6.07) is 0. The number of nitrogens with zero attached hydrogens (tertiary/aromatic N) is 10. The molecule has 39 nitrogen and oxygen atoms in total. The van der Waals surface area contributed by atoms with Crippen molar-refractivity contribution < 1.29 is 108 Å². The second kappa shape index (κ2) is 20.3. The van der Waals surface area contributed by atoms with E-state index in [4.69, 9.17) is 49.7 Å². The van der Waals surface area contributed by atoms with Gasteiger partial charge in [0.05, 0.1) is 52.7 Å². The van der Waals surface area contributed by atoms with Crippen molar-refractivity contribution in [3.05, 3.63) is 46.0 Å². The summed E-state index contributed by atoms with van der Waals surface area (Å²) in [5.74, 6) is -0.697. The predicted molar refractivity (Wildman–Crippen MR) is 239 cm³/mol. The molecule has 43 heteroatoms. The number of nitrogen functional groups attached to an aromatic ring is 3. The number of rotatable bonds is 22. The van der Waals surface area contributed by atoms with E-state index in [2.05, 4.69) is 53.0 Å². The fraction of sp³-hybridized carbons (Fsp3) is 0.531. The van der Waals surface area contributed by atoms with Crippen molar-refractivity contribution >= 4 is 82.5 Å². The molecule has 0 aromatic carbocycles. The molecule has 3 saturated heterocycles. The third kappa shape index (κ3) is 10.9. The Kier molecular flexibility index (Phi) is 14.8. The highest BCUT2D eigenvalue weighted by atomic mass is 31.3. The van der Waals surface area contributed by atoms with Gasteiger partial charge in [0.15, 0.2) is 41.4 Å². The lowest BCUT2D eigenvalue weighted by Gasteiger charge is -2.32. The highest BCUT2D eigenvalue weighted by Gasteiger charge is 2.66. The summed E-state index contributed by atoms with van der Waals surface area (Å²) in [5.41, 5.74) is 13.2. The van der Waals surface area contributed by atoms with Crippen molar-refractivity contribution in [3.63, 3.8) is 0 Å². The number of phosphoric acid groups is 4. The minimum atomic E-state index is -6.20. The van der Waals surface area contributed by atoms with Crippen LogP contribution in [0.2, 0.25) is 0 Å². The van der Waals surface area contributed by atoms with Crippen LogP contribution >= 0.6 is 31.3 Å². The SMILES string of the molecule is Cn1c[n+]([C@@H](CO)O[C@@H](CO)COP(=O)(O)OP(=O)(O)OP(=O)(O)OC[C@@]23COC([C@H](n4cnc5c(N)ncnc54)O2)[C@H]3OP(=O)(O)OC[C@H]2O[C@@H](n3cnc4c(=O)[nH]c(N)nc43)C(O)[C@H]2O)c2nc(N)[nH]c(=O)c21. The Morgan fingerprint density at radius 3 is 2.20 bits per heavy atom. The average Bonchev–Trinajstić information content (AvgIpc) is 4.19. The van der Waals surface area contributed by atoms with Gasteiger partial charge in [0.2, 0.25) is 17.7 Å². The third-order valence-electron chi connectivity index (χ3n) is 11.5. The molecule has 9 rings (SSSR count). The summed E-state index contributed by atoms with van der Waals surface area (Å²) in [6.45, 7) is -5.89. The summed E-state index contributed by atoms with van der Waals surface area (Å²) in [4.78, 5) is 95.8. The van der Waals surface area contributed by atoms with E-state index in [1.807, 2.05) is 0 Å². The number of ether oxygens (including phenoxy) is 4. The second-order valence-corrected chi connectivity index (χ2v) is 22.6. The Hall–Kier alpha value is -5.15. The number of aromatic nitrogens is 12. The van der Waals surface area contributed by atoms with Gasteiger partial charge < -0.3 is 76.1 Å². The van der Waals surface area contributed by atoms with Crippen molar-refractivity contribution in [2.24, 2.45) is 7.05 Å². The van der Waals surface area contributed by atoms with Gasteiger partial charge in [-0.25, -0.2) is 42.8 Å². The zero-order valence-corrected chi connectivity index (χ0v) is 41.4. The molecule has 3 fully saturated rings. The molecule has 0 saturated carbocycles. The molecule has 14 atom stereocenters. The van der Waals surface area contributed by atoms with Gasteiger partial charge >= 0.3 is 36.9 Å². The molecule has 3 aliphatic heterocycles. The number of aliphatic hydroxyl groups is 4. The monoisotopic (exact) mass is 1150 g/mol. The predicted octanol–water partition coefficient (Wildman–Crippen LogP) is -4.71. The summed E-state index contributed by atoms with van der Waals surface area (Å²) >= 11 is 0. The molecule has 0 radical (unpaired) electrons. The van der Waals surface area contributed by atoms with Crippen LogP contribution in [-0.4, -0.2) is 175 Å². The van der Waals surface area contributed by atoms with Gasteiger partial charge in [-0.15, -0.1) is 0 Å². The number of H-pyrrole nitrogens is 2. The summed E-state index contributed by atoms with van der Waals surface area (Å²) in [7, 11) is -22.0. The number of aryl methyl sites for hydroxylation is 1. The average molecular weight is 1150 g/mol. The van der Waals surface area contributed by atoms with Crippen molar-refractivity contribution in [1.29, 1.82) is 0 Å². The summed E-state index contributed by atoms with van der Waals surface area (Å²) in [5, 5.41) is 41.7. The van der Waals surface area contributed by atoms with Crippen LogP contribution in [0, 0.1) is 0 Å². The maximum Gasteiger partial charge on any atom is 0.490 e. The zero-order chi connectivity index (χ0) is 54.2. The highest BCUT2D eigenvalue weighted by Crippen LogP contribution is 2.68. The van der Waals surface area contributed by atoms with Gasteiger partial charge in [-0.1, -0.05) is 4.98 Å². The van der Waals surface area contributed by atoms with E-state index in [1.54, 1.807) is 0 Å². The Morgan fingerprint density at radius 1 is 0.827 bits per heavy atom. The third-order valence-corrected chi connectivity index (χ3v) is 16.7. The molecule has 0 aliphatic carbocycles. The van der Waals surface area contributed by atoms with Gasteiger partial charge in [0.1, 0.15) is 60.7 Å². The van der Waals surface area contributed by atoms with E-state index >= 15 is 0 Å². The van der Waals surface area contributed by atoms with Crippen LogP contribution in [0.1, 0.15) is 18.7 Å². The Bertz CT molecular complexity index is 3470. The first-order valence-electron chi connectivity index (χ1n) is 21.2. The fourth-order valence-electron chi connectivity index (χ4n) is 8.22. The van der Waals surface area contributed by atoms with Gasteiger partial charge in [-0.05, 0) is 0 Å². The molecule has 3 aliphatic rings. The molecule has 6 aromatic rings. The van der Waals surface area contributed by atoms with E-state index in [0.29, 0.717) is 0 Å². The smallest absolute Gasteiger partial charge is 0.394 e. The number of fused-ring (bicyclic) bond motifs is 5. The molecule has 6 unspecified atom stereocenters. The van der Waals surface area contributed by atoms with Crippen LogP contribution in [0.3, 0.4) is 0 Å². The van der Waals surface area contributed by atoms with E-state index in [0.717, 1.165) is 28.1 Å². The number of aromatic amines is 2. The van der Waals surface area contributed by atoms with E-state index in [9.17, 15) is 67.8 Å². The van der Waals surface area contributed by atoms with Crippen LogP contribution in [0.5, 0.6) is 0 Å². The molecule has 16 N–H and O–H groups in total. The number of nitrogens with one attached hydrogen (secondary N) is 2. The number of hydrogen-bond donors (Lipinski definition) is 13. The van der Waals surface area contributed by atoms with Crippen LogP contribution < -0.4 is 32.9 Å². The minimum Gasteiger partial charge on any atom is -0.394 e. The fourth-order valence-corrected chi connectivity index (χ4v) is 12.8. The molecule has 2 bridgehead atoms. The van der Waals surface area contributed by atoms with Crippen molar-refractivity contribution in [2.45, 2.75) is 60.9 Å². The first kappa shape index (κ1) is 54.6. The number of anilines is 3. The minimum absolute atomic E-state index is 0.0148. The number of nitrogens with two attached hydrogens (primary N) is 3. The van der Waals surface area contributed by atoms with Crippen molar-refractivity contribution in [2.75, 3.05) is 56.8 Å². The highest BCUT2D eigenvalue weighted by molar-refractivity contribution is 7.66. The molecule has 75 heavy (non-hydrogen) atoms. The maximum absolute atomic E-state index is 13.7. The van der Waals surface area contributed by atoms with Crippen molar-refractivity contribution in [3.8, 4) is 0 Å². The second-order valence-electron chi connectivity index (χ2n) is 16.5. The molecular weight excluding hydrogens is 1100 g/mol. The normalized spacial score (nSPS) is 27.9. The lowest BCUT2D eigenvalue weighted by Crippen LogP contribution is -2.46. The van der Waals surface area contributed by atoms with Crippen LogP contribution in [0.15, 0.2) is 34.9 Å². The quantitative estimate of drug-likeness (QED) is 0.0224. The largest absolute Gasteiger partial charge is 0.490 e. The molecule has 0 spiro atoms. The van der Waals surface area contributed by atoms with Crippen LogP contribution in [-0.2, 0) is 71.0 Å². The first-order chi connectivity index (χ1) is 35.2. The summed E-state index contributed by atoms with van der Waals surface area (Å²) < 4.78 is 110. The van der Waals surface area contributed by atoms with Crippen LogP contribution in [0.4, 0.5) is 17.7 Å². The standard InChI is InChI=1S/C32H43N15O24P4/c1-44-11-47(25-17(44)27(53)43-31(35)41-25)14(3-49)66-12(2-48)4-63-73(56,57)70-75(60,61)71-74(58,59)65-7-32-6-62-20(29(68-32)45-9-38-15-22(33)36-8-37-23(15)45)21(32)69-72(54,55)64-5-13-18(50)19(51)28(67-13)46-10-39-16-24(46)40-30(34)42-26(16)52/h8-14,18-21,28-29,48-51H,2-7H2,1H3,(H11-,33,34,35,36,37,40,41,42,43,52,53,54,55,56,57,58,59,60,61)/p+1/t12-,13+,14+,18-,19?,20?,21+,28+,29+,32+/m0/s1. The van der Waals surface area contributed by atoms with Gasteiger partial charge in [0, 0.05) is 0 Å². The Balaban J connectivity index is 0.866. The molecular formula is C32H44N15O24P4+. The first-order valence-corrected chi connectivity index (χ1v) is 27.2. The summed E-state index contributed by atoms with van der Waals surface area (Å²) in [6.07, 6.45) is -9.96. The number of imidazole rings is 3. The number of aliphatic hydroxyl groups excluding tert-OH is 4. The molecule has 410 valence electrons. The molecule has 0 amide bonds. The number of hydrogen-bond acceptors (Lipinski definition) is 29. The van der Waals surface area contributed by atoms with Crippen molar-refractivity contribution in [1.82, 2.24) is 53.6 Å². The van der Waals surface area contributed by atoms with E-state index in [1.165, 1.54) is 22.5 Å². The maximum atomic E-state index is 13.7. The Labute approximate surface area is 414 Å². The Morgan fingerprint density at radius 2 is 1.49 bits per heavy atom. The topological polar surface area (TPSA) is 562 Å². The van der Waals surface area contributed by atoms with Gasteiger partial charge in [-0.2, -0.15) is 13.6 Å². The lowest BCUT2D eigenvalue weighted by atomic mass is 10.0. The van der Waals surface area contributed by atoms with E-state index < -0.39 is 143 Å². The zero-order valence-electron chi connectivity index (χ0n) is 37.9. The van der Waals surface area contributed by atoms with E-state index in [-0.39, 0.29) is 51.2 Å².